The van der Waals surface area contributed by atoms with Gasteiger partial charge in [0.25, 0.3) is 0 Å². The monoisotopic (exact) mass is 201 g/mol. The summed E-state index contributed by atoms with van der Waals surface area (Å²) in [6.45, 7) is 4.98. The second-order valence-electron chi connectivity index (χ2n) is 4.26. The summed E-state index contributed by atoms with van der Waals surface area (Å²) >= 11 is 0. The Labute approximate surface area is 84.6 Å². The zero-order valence-corrected chi connectivity index (χ0v) is 8.82. The second kappa shape index (κ2) is 5.32. The molecule has 82 valence electrons. The summed E-state index contributed by atoms with van der Waals surface area (Å²) in [5, 5.41) is 11.9. The van der Waals surface area contributed by atoms with Crippen LogP contribution in [0.2, 0.25) is 0 Å². The van der Waals surface area contributed by atoms with Crippen molar-refractivity contribution >= 4 is 5.97 Å². The first kappa shape index (κ1) is 11.5. The summed E-state index contributed by atoms with van der Waals surface area (Å²) in [6, 6.07) is -0.139. The fourth-order valence-corrected chi connectivity index (χ4v) is 1.15. The normalized spacial score (nSPS) is 18.5. The van der Waals surface area contributed by atoms with E-state index in [1.165, 1.54) is 0 Å². The molecular weight excluding hydrogens is 182 g/mol. The van der Waals surface area contributed by atoms with E-state index in [1.54, 1.807) is 0 Å². The zero-order chi connectivity index (χ0) is 10.6. The molecular formula is C10H19NO3. The van der Waals surface area contributed by atoms with Crippen LogP contribution in [0, 0.1) is 5.92 Å². The Hall–Kier alpha value is -0.610. The van der Waals surface area contributed by atoms with Crippen molar-refractivity contribution in [1.82, 2.24) is 5.32 Å². The lowest BCUT2D eigenvalue weighted by molar-refractivity contribution is -0.141. The minimum Gasteiger partial charge on any atom is -0.480 e. The van der Waals surface area contributed by atoms with Crippen molar-refractivity contribution in [3.8, 4) is 0 Å². The van der Waals surface area contributed by atoms with Gasteiger partial charge in [0.15, 0.2) is 0 Å². The number of carboxylic acid groups (broad SMARTS) is 1. The summed E-state index contributed by atoms with van der Waals surface area (Å²) in [7, 11) is 0. The Morgan fingerprint density at radius 2 is 2.14 bits per heavy atom. The third-order valence-electron chi connectivity index (χ3n) is 2.05. The number of carboxylic acids is 1. The van der Waals surface area contributed by atoms with E-state index >= 15 is 0 Å². The van der Waals surface area contributed by atoms with E-state index in [4.69, 9.17) is 9.84 Å². The minimum atomic E-state index is -0.819. The van der Waals surface area contributed by atoms with Crippen LogP contribution in [0.5, 0.6) is 0 Å². The summed E-state index contributed by atoms with van der Waals surface area (Å²) in [5.74, 6) is -0.369. The second-order valence-corrected chi connectivity index (χ2v) is 4.26. The lowest BCUT2D eigenvalue weighted by atomic mass is 10.2. The topological polar surface area (TPSA) is 58.6 Å². The maximum Gasteiger partial charge on any atom is 0.323 e. The predicted molar refractivity (Wildman–Crippen MR) is 53.2 cm³/mol. The van der Waals surface area contributed by atoms with Crippen LogP contribution in [0.4, 0.5) is 0 Å². The van der Waals surface area contributed by atoms with Gasteiger partial charge in [0.2, 0.25) is 0 Å². The number of hydrogen-bond acceptors (Lipinski definition) is 3. The first-order valence-corrected chi connectivity index (χ1v) is 5.16. The molecule has 0 amide bonds. The van der Waals surface area contributed by atoms with E-state index in [0.717, 1.165) is 12.8 Å². The van der Waals surface area contributed by atoms with E-state index in [2.05, 4.69) is 5.32 Å². The molecule has 0 aliphatic heterocycles. The molecule has 1 aliphatic carbocycles. The van der Waals surface area contributed by atoms with Crippen LogP contribution < -0.4 is 5.32 Å². The Morgan fingerprint density at radius 1 is 1.50 bits per heavy atom. The number of rotatable bonds is 7. The van der Waals surface area contributed by atoms with Gasteiger partial charge in [0.05, 0.1) is 6.61 Å². The average molecular weight is 201 g/mol. The Balaban J connectivity index is 2.17. The number of carbonyl (C=O) groups is 1. The van der Waals surface area contributed by atoms with Gasteiger partial charge in [-0.2, -0.15) is 0 Å². The summed E-state index contributed by atoms with van der Waals surface area (Å²) in [4.78, 5) is 10.8. The molecule has 0 radical (unpaired) electrons. The minimum absolute atomic E-state index is 0.268. The van der Waals surface area contributed by atoms with Crippen LogP contribution in [0.1, 0.15) is 26.7 Å². The van der Waals surface area contributed by atoms with Crippen LogP contribution in [0.25, 0.3) is 0 Å². The van der Waals surface area contributed by atoms with Crippen molar-refractivity contribution in [2.24, 2.45) is 5.92 Å². The molecule has 0 aromatic carbocycles. The Kier molecular flexibility index (Phi) is 4.35. The summed E-state index contributed by atoms with van der Waals surface area (Å²) in [5.41, 5.74) is 0. The van der Waals surface area contributed by atoms with Crippen molar-refractivity contribution in [3.63, 3.8) is 0 Å². The van der Waals surface area contributed by atoms with Gasteiger partial charge < -0.3 is 9.84 Å². The van der Waals surface area contributed by atoms with Gasteiger partial charge in [-0.25, -0.2) is 0 Å². The van der Waals surface area contributed by atoms with Gasteiger partial charge in [-0.3, -0.25) is 10.1 Å². The smallest absolute Gasteiger partial charge is 0.323 e. The number of ether oxygens (including phenoxy) is 1. The largest absolute Gasteiger partial charge is 0.480 e. The molecule has 1 rings (SSSR count). The van der Waals surface area contributed by atoms with Crippen molar-refractivity contribution < 1.29 is 14.6 Å². The fraction of sp³-hybridized carbons (Fsp3) is 0.900. The molecule has 14 heavy (non-hydrogen) atoms. The molecule has 1 fully saturated rings. The quantitative estimate of drug-likeness (QED) is 0.641. The molecule has 0 aromatic heterocycles. The van der Waals surface area contributed by atoms with Crippen molar-refractivity contribution in [2.45, 2.75) is 38.8 Å². The Bertz CT molecular complexity index is 190. The standard InChI is InChI=1S/C10H19NO3/c1-7(2)5-14-6-9(10(12)13)11-8-3-4-8/h7-9,11H,3-6H2,1-2H3,(H,12,13). The van der Waals surface area contributed by atoms with Crippen LogP contribution in [0.15, 0.2) is 0 Å². The van der Waals surface area contributed by atoms with E-state index < -0.39 is 12.0 Å². The first-order chi connectivity index (χ1) is 6.59. The molecule has 0 spiro atoms. The van der Waals surface area contributed by atoms with Gasteiger partial charge in [-0.05, 0) is 18.8 Å². The van der Waals surface area contributed by atoms with Crippen molar-refractivity contribution in [3.05, 3.63) is 0 Å². The maximum atomic E-state index is 10.8. The van der Waals surface area contributed by atoms with E-state index in [-0.39, 0.29) is 6.61 Å². The lowest BCUT2D eigenvalue weighted by Crippen LogP contribution is -2.42. The van der Waals surface area contributed by atoms with Gasteiger partial charge >= 0.3 is 5.97 Å². The first-order valence-electron chi connectivity index (χ1n) is 5.16. The highest BCUT2D eigenvalue weighted by Crippen LogP contribution is 2.19. The van der Waals surface area contributed by atoms with Crippen molar-refractivity contribution in [2.75, 3.05) is 13.2 Å². The SMILES string of the molecule is CC(C)COCC(NC1CC1)C(=O)O. The zero-order valence-electron chi connectivity index (χ0n) is 8.82. The highest BCUT2D eigenvalue weighted by Gasteiger charge is 2.28. The molecule has 1 aliphatic rings. The van der Waals surface area contributed by atoms with E-state index in [9.17, 15) is 4.79 Å². The van der Waals surface area contributed by atoms with Gasteiger partial charge in [-0.15, -0.1) is 0 Å². The summed E-state index contributed by atoms with van der Waals surface area (Å²) in [6.07, 6.45) is 2.18. The predicted octanol–water partition coefficient (Wildman–Crippen LogP) is 0.864. The fourth-order valence-electron chi connectivity index (χ4n) is 1.15. The number of nitrogens with one attached hydrogen (secondary N) is 1. The average Bonchev–Trinajstić information content (AvgIpc) is 2.85. The molecule has 0 heterocycles. The van der Waals surface area contributed by atoms with Crippen LogP contribution >= 0.6 is 0 Å². The van der Waals surface area contributed by atoms with Gasteiger partial charge in [0, 0.05) is 12.6 Å². The van der Waals surface area contributed by atoms with Gasteiger partial charge in [0.1, 0.15) is 6.04 Å². The lowest BCUT2D eigenvalue weighted by Gasteiger charge is -2.15. The highest BCUT2D eigenvalue weighted by atomic mass is 16.5. The third-order valence-corrected chi connectivity index (χ3v) is 2.05. The number of hydrogen-bond donors (Lipinski definition) is 2. The highest BCUT2D eigenvalue weighted by molar-refractivity contribution is 5.73. The van der Waals surface area contributed by atoms with E-state index in [1.807, 2.05) is 13.8 Å². The molecule has 4 heteroatoms. The molecule has 2 N–H and O–H groups in total. The van der Waals surface area contributed by atoms with Crippen LogP contribution in [-0.2, 0) is 9.53 Å². The molecule has 0 bridgehead atoms. The molecule has 4 nitrogen and oxygen atoms in total. The maximum absolute atomic E-state index is 10.8. The van der Waals surface area contributed by atoms with Crippen LogP contribution in [-0.4, -0.2) is 36.4 Å². The molecule has 1 atom stereocenters. The molecule has 0 aromatic rings. The van der Waals surface area contributed by atoms with Crippen molar-refractivity contribution in [1.29, 1.82) is 0 Å². The summed E-state index contributed by atoms with van der Waals surface area (Å²) < 4.78 is 5.30. The van der Waals surface area contributed by atoms with E-state index in [0.29, 0.717) is 18.6 Å². The third kappa shape index (κ3) is 4.58. The van der Waals surface area contributed by atoms with Crippen LogP contribution in [0.3, 0.4) is 0 Å². The molecule has 1 unspecified atom stereocenters. The molecule has 0 saturated heterocycles. The van der Waals surface area contributed by atoms with Gasteiger partial charge in [-0.1, -0.05) is 13.8 Å². The number of aliphatic carboxylic acids is 1. The Morgan fingerprint density at radius 3 is 2.57 bits per heavy atom. The molecule has 1 saturated carbocycles.